The molecule has 0 aliphatic heterocycles. The van der Waals surface area contributed by atoms with Crippen molar-refractivity contribution in [3.63, 3.8) is 0 Å². The molecule has 176 valence electrons. The van der Waals surface area contributed by atoms with Crippen LogP contribution in [0.25, 0.3) is 0 Å². The molecule has 0 aliphatic rings. The van der Waals surface area contributed by atoms with Crippen LogP contribution in [0.4, 0.5) is 0 Å². The lowest BCUT2D eigenvalue weighted by molar-refractivity contribution is -0.893. The van der Waals surface area contributed by atoms with E-state index in [0.29, 0.717) is 5.41 Å². The molecular formula is C25H56N2O2+2. The Bertz CT molecular complexity index is 303. The number of unbranched alkanes of at least 4 members (excludes halogenated alkanes) is 8. The Labute approximate surface area is 183 Å². The zero-order valence-electron chi connectivity index (χ0n) is 21.0. The minimum atomic E-state index is 0.295. The number of hydrogen-bond acceptors (Lipinski definition) is 2. The van der Waals surface area contributed by atoms with E-state index in [4.69, 9.17) is 9.47 Å². The van der Waals surface area contributed by atoms with Crippen LogP contribution in [-0.2, 0) is 9.47 Å². The molecule has 0 aliphatic carbocycles. The first-order chi connectivity index (χ1) is 14.0. The van der Waals surface area contributed by atoms with Crippen LogP contribution in [0.1, 0.15) is 90.9 Å². The van der Waals surface area contributed by atoms with Crippen molar-refractivity contribution in [2.45, 2.75) is 90.9 Å². The third-order valence-electron chi connectivity index (χ3n) is 5.65. The Balaban J connectivity index is 4.33. The highest BCUT2D eigenvalue weighted by atomic mass is 16.5. The second-order valence-corrected chi connectivity index (χ2v) is 9.86. The Morgan fingerprint density at radius 2 is 1.03 bits per heavy atom. The molecule has 0 amide bonds. The van der Waals surface area contributed by atoms with Gasteiger partial charge in [0.05, 0.1) is 53.3 Å². The maximum atomic E-state index is 6.28. The van der Waals surface area contributed by atoms with Crippen molar-refractivity contribution in [2.24, 2.45) is 5.41 Å². The summed E-state index contributed by atoms with van der Waals surface area (Å²) in [6.07, 6.45) is 15.4. The number of nitrogens with one attached hydrogen (secondary N) is 2. The average Bonchev–Trinajstić information content (AvgIpc) is 2.65. The van der Waals surface area contributed by atoms with Crippen molar-refractivity contribution in [2.75, 3.05) is 67.7 Å². The monoisotopic (exact) mass is 416 g/mol. The minimum absolute atomic E-state index is 0.295. The molecule has 0 spiro atoms. The van der Waals surface area contributed by atoms with E-state index in [1.807, 2.05) is 0 Å². The summed E-state index contributed by atoms with van der Waals surface area (Å²) in [6, 6.07) is 0. The van der Waals surface area contributed by atoms with Gasteiger partial charge in [-0.05, 0) is 25.7 Å². The van der Waals surface area contributed by atoms with Crippen LogP contribution in [0.15, 0.2) is 0 Å². The summed E-state index contributed by atoms with van der Waals surface area (Å²) in [5.74, 6) is 0. The van der Waals surface area contributed by atoms with E-state index < -0.39 is 0 Å². The molecular weight excluding hydrogens is 360 g/mol. The van der Waals surface area contributed by atoms with E-state index in [0.717, 1.165) is 26.4 Å². The molecule has 0 saturated heterocycles. The van der Waals surface area contributed by atoms with Crippen molar-refractivity contribution < 1.29 is 19.3 Å². The Hall–Kier alpha value is -0.160. The molecule has 0 heterocycles. The lowest BCUT2D eigenvalue weighted by Gasteiger charge is -2.34. The van der Waals surface area contributed by atoms with Crippen molar-refractivity contribution in [1.82, 2.24) is 0 Å². The fraction of sp³-hybridized carbons (Fsp3) is 1.00. The van der Waals surface area contributed by atoms with Gasteiger partial charge < -0.3 is 19.3 Å². The number of rotatable bonds is 22. The molecule has 0 atom stereocenters. The Kier molecular flexibility index (Phi) is 19.7. The summed E-state index contributed by atoms with van der Waals surface area (Å²) in [5.41, 5.74) is 0.295. The smallest absolute Gasteiger partial charge is 0.0914 e. The van der Waals surface area contributed by atoms with Gasteiger partial charge in [-0.1, -0.05) is 65.2 Å². The van der Waals surface area contributed by atoms with Crippen LogP contribution in [0, 0.1) is 5.41 Å². The molecule has 4 heteroatoms. The standard InChI is InChI=1S/C25H54N2O2/c1-7-9-11-12-13-16-21-29-24-25(22-26(3)4,23-27(5)6)18-15-14-17-20-28-19-10-8-2/h7-24H2,1-6H3/p+2. The fourth-order valence-corrected chi connectivity index (χ4v) is 4.42. The van der Waals surface area contributed by atoms with Crippen LogP contribution in [0.3, 0.4) is 0 Å². The summed E-state index contributed by atoms with van der Waals surface area (Å²) in [5, 5.41) is 0. The SMILES string of the molecule is CCCCCCCCOCC(CCCCCOCCCC)(C[NH+](C)C)C[NH+](C)C. The van der Waals surface area contributed by atoms with Gasteiger partial charge in [0.15, 0.2) is 0 Å². The first-order valence-corrected chi connectivity index (χ1v) is 12.7. The van der Waals surface area contributed by atoms with Gasteiger partial charge in [0.25, 0.3) is 0 Å². The van der Waals surface area contributed by atoms with E-state index in [1.165, 1.54) is 99.9 Å². The second-order valence-electron chi connectivity index (χ2n) is 9.86. The van der Waals surface area contributed by atoms with Gasteiger partial charge in [0.1, 0.15) is 0 Å². The third kappa shape index (κ3) is 18.3. The van der Waals surface area contributed by atoms with Gasteiger partial charge in [-0.2, -0.15) is 0 Å². The topological polar surface area (TPSA) is 27.3 Å². The summed E-state index contributed by atoms with van der Waals surface area (Å²) in [4.78, 5) is 3.08. The number of ether oxygens (including phenoxy) is 2. The van der Waals surface area contributed by atoms with Gasteiger partial charge >= 0.3 is 0 Å². The zero-order valence-corrected chi connectivity index (χ0v) is 21.0. The van der Waals surface area contributed by atoms with Crippen LogP contribution in [-0.4, -0.2) is 67.7 Å². The quantitative estimate of drug-likeness (QED) is 0.266. The highest BCUT2D eigenvalue weighted by Crippen LogP contribution is 2.23. The molecule has 0 unspecified atom stereocenters. The normalized spacial score (nSPS) is 12.4. The summed E-state index contributed by atoms with van der Waals surface area (Å²) in [6.45, 7) is 10.6. The maximum Gasteiger partial charge on any atom is 0.0914 e. The van der Waals surface area contributed by atoms with Gasteiger partial charge in [-0.25, -0.2) is 0 Å². The molecule has 4 nitrogen and oxygen atoms in total. The maximum absolute atomic E-state index is 6.28. The number of hydrogen-bond donors (Lipinski definition) is 2. The number of quaternary nitrogens is 2. The lowest BCUT2D eigenvalue weighted by atomic mass is 9.82. The summed E-state index contributed by atoms with van der Waals surface area (Å²) in [7, 11) is 9.15. The molecule has 0 aromatic rings. The second kappa shape index (κ2) is 19.8. The highest BCUT2D eigenvalue weighted by Gasteiger charge is 2.36. The van der Waals surface area contributed by atoms with E-state index in [1.54, 1.807) is 0 Å². The van der Waals surface area contributed by atoms with E-state index >= 15 is 0 Å². The first kappa shape index (κ1) is 28.8. The van der Waals surface area contributed by atoms with Crippen LogP contribution >= 0.6 is 0 Å². The largest absolute Gasteiger partial charge is 0.381 e. The Morgan fingerprint density at radius 1 is 0.552 bits per heavy atom. The van der Waals surface area contributed by atoms with Crippen LogP contribution in [0.2, 0.25) is 0 Å². The summed E-state index contributed by atoms with van der Waals surface area (Å²) >= 11 is 0. The van der Waals surface area contributed by atoms with E-state index in [2.05, 4.69) is 42.0 Å². The van der Waals surface area contributed by atoms with Crippen LogP contribution in [0.5, 0.6) is 0 Å². The van der Waals surface area contributed by atoms with Gasteiger partial charge in [-0.15, -0.1) is 0 Å². The molecule has 0 rings (SSSR count). The molecule has 2 N–H and O–H groups in total. The van der Waals surface area contributed by atoms with Gasteiger partial charge in [0.2, 0.25) is 0 Å². The van der Waals surface area contributed by atoms with Crippen molar-refractivity contribution in [1.29, 1.82) is 0 Å². The molecule has 0 bridgehead atoms. The fourth-order valence-electron chi connectivity index (χ4n) is 4.42. The average molecular weight is 417 g/mol. The van der Waals surface area contributed by atoms with Crippen molar-refractivity contribution in [3.8, 4) is 0 Å². The first-order valence-electron chi connectivity index (χ1n) is 12.7. The van der Waals surface area contributed by atoms with Gasteiger partial charge in [0, 0.05) is 19.8 Å². The van der Waals surface area contributed by atoms with E-state index in [-0.39, 0.29) is 0 Å². The predicted octanol–water partition coefficient (Wildman–Crippen LogP) is 3.02. The molecule has 0 radical (unpaired) electrons. The minimum Gasteiger partial charge on any atom is -0.381 e. The molecule has 29 heavy (non-hydrogen) atoms. The molecule has 0 fully saturated rings. The Morgan fingerprint density at radius 3 is 1.62 bits per heavy atom. The zero-order chi connectivity index (χ0) is 21.8. The highest BCUT2D eigenvalue weighted by molar-refractivity contribution is 4.78. The predicted molar refractivity (Wildman–Crippen MR) is 126 cm³/mol. The molecule has 0 aromatic carbocycles. The van der Waals surface area contributed by atoms with Gasteiger partial charge in [-0.3, -0.25) is 0 Å². The third-order valence-corrected chi connectivity index (χ3v) is 5.65. The van der Waals surface area contributed by atoms with Crippen molar-refractivity contribution >= 4 is 0 Å². The van der Waals surface area contributed by atoms with Crippen LogP contribution < -0.4 is 9.80 Å². The lowest BCUT2D eigenvalue weighted by Crippen LogP contribution is -3.12. The molecule has 0 saturated carbocycles. The van der Waals surface area contributed by atoms with E-state index in [9.17, 15) is 0 Å². The summed E-state index contributed by atoms with van der Waals surface area (Å²) < 4.78 is 12.0. The van der Waals surface area contributed by atoms with Crippen molar-refractivity contribution in [3.05, 3.63) is 0 Å². The molecule has 0 aromatic heterocycles.